The van der Waals surface area contributed by atoms with Gasteiger partial charge in [-0.05, 0) is 39.0 Å². The van der Waals surface area contributed by atoms with E-state index < -0.39 is 23.6 Å². The zero-order chi connectivity index (χ0) is 18.3. The van der Waals surface area contributed by atoms with E-state index in [-0.39, 0.29) is 6.54 Å². The standard InChI is InChI=1S/C16H22N2O6/c1-16(2,3)24-15(21)17-9-13(19)18-11-7-6-10(14(20)23-5)8-12(11)22-4/h6-8H,9H2,1-5H3,(H,17,21)(H,18,19). The van der Waals surface area contributed by atoms with E-state index in [1.807, 2.05) is 0 Å². The number of methoxy groups -OCH3 is 2. The number of hydrogen-bond donors (Lipinski definition) is 2. The third-order valence-electron chi connectivity index (χ3n) is 2.69. The average molecular weight is 338 g/mol. The van der Waals surface area contributed by atoms with Crippen LogP contribution in [0.2, 0.25) is 0 Å². The van der Waals surface area contributed by atoms with Crippen molar-refractivity contribution in [2.75, 3.05) is 26.1 Å². The Labute approximate surface area is 140 Å². The molecule has 0 saturated heterocycles. The number of nitrogens with one attached hydrogen (secondary N) is 2. The molecule has 0 unspecified atom stereocenters. The fourth-order valence-electron chi connectivity index (χ4n) is 1.70. The molecule has 0 saturated carbocycles. The van der Waals surface area contributed by atoms with Crippen LogP contribution in [-0.2, 0) is 14.3 Å². The third kappa shape index (κ3) is 6.15. The molecule has 0 aliphatic carbocycles. The fraction of sp³-hybridized carbons (Fsp3) is 0.438. The lowest BCUT2D eigenvalue weighted by Crippen LogP contribution is -2.37. The van der Waals surface area contributed by atoms with Crippen LogP contribution in [0.3, 0.4) is 0 Å². The number of rotatable bonds is 5. The molecule has 0 aliphatic heterocycles. The Morgan fingerprint density at radius 3 is 2.33 bits per heavy atom. The topological polar surface area (TPSA) is 103 Å². The summed E-state index contributed by atoms with van der Waals surface area (Å²) in [7, 11) is 2.68. The summed E-state index contributed by atoms with van der Waals surface area (Å²) in [5.41, 5.74) is 0.00778. The molecule has 0 bridgehead atoms. The summed E-state index contributed by atoms with van der Waals surface area (Å²) < 4.78 is 14.8. The minimum Gasteiger partial charge on any atom is -0.495 e. The smallest absolute Gasteiger partial charge is 0.408 e. The Kier molecular flexibility index (Phi) is 6.58. The molecule has 0 aliphatic rings. The van der Waals surface area contributed by atoms with Crippen LogP contribution < -0.4 is 15.4 Å². The second-order valence-electron chi connectivity index (χ2n) is 5.81. The highest BCUT2D eigenvalue weighted by molar-refractivity contribution is 5.96. The Hall–Kier alpha value is -2.77. The molecule has 0 atom stereocenters. The molecular formula is C16H22N2O6. The molecular weight excluding hydrogens is 316 g/mol. The number of alkyl carbamates (subject to hydrolysis) is 1. The number of anilines is 1. The van der Waals surface area contributed by atoms with Crippen molar-refractivity contribution in [1.29, 1.82) is 0 Å². The highest BCUT2D eigenvalue weighted by atomic mass is 16.6. The minimum absolute atomic E-state index is 0.267. The summed E-state index contributed by atoms with van der Waals surface area (Å²) in [6.07, 6.45) is -0.689. The van der Waals surface area contributed by atoms with Gasteiger partial charge < -0.3 is 24.8 Å². The van der Waals surface area contributed by atoms with Gasteiger partial charge in [-0.25, -0.2) is 9.59 Å². The lowest BCUT2D eigenvalue weighted by atomic mass is 10.2. The molecule has 1 aromatic carbocycles. The normalized spacial score (nSPS) is 10.5. The molecule has 24 heavy (non-hydrogen) atoms. The van der Waals surface area contributed by atoms with Crippen LogP contribution in [0.15, 0.2) is 18.2 Å². The van der Waals surface area contributed by atoms with E-state index in [0.29, 0.717) is 17.0 Å². The average Bonchev–Trinajstić information content (AvgIpc) is 2.51. The van der Waals surface area contributed by atoms with Gasteiger partial charge in [-0.1, -0.05) is 0 Å². The van der Waals surface area contributed by atoms with E-state index >= 15 is 0 Å². The Bertz CT molecular complexity index is 621. The molecule has 2 N–H and O–H groups in total. The molecule has 132 valence electrons. The van der Waals surface area contributed by atoms with Crippen LogP contribution in [0.4, 0.5) is 10.5 Å². The van der Waals surface area contributed by atoms with Gasteiger partial charge in [0.05, 0.1) is 25.5 Å². The maximum absolute atomic E-state index is 11.9. The molecule has 0 radical (unpaired) electrons. The van der Waals surface area contributed by atoms with Crippen molar-refractivity contribution in [1.82, 2.24) is 5.32 Å². The molecule has 0 aromatic heterocycles. The maximum atomic E-state index is 11.9. The number of esters is 1. The summed E-state index contributed by atoms with van der Waals surface area (Å²) in [6, 6.07) is 4.45. The van der Waals surface area contributed by atoms with Gasteiger partial charge >= 0.3 is 12.1 Å². The summed E-state index contributed by atoms with van der Waals surface area (Å²) in [5, 5.41) is 4.92. The Morgan fingerprint density at radius 1 is 1.12 bits per heavy atom. The van der Waals surface area contributed by atoms with Crippen molar-refractivity contribution in [2.45, 2.75) is 26.4 Å². The molecule has 0 spiro atoms. The fourth-order valence-corrected chi connectivity index (χ4v) is 1.70. The van der Waals surface area contributed by atoms with E-state index in [2.05, 4.69) is 15.4 Å². The van der Waals surface area contributed by atoms with Crippen LogP contribution in [0.5, 0.6) is 5.75 Å². The molecule has 0 heterocycles. The monoisotopic (exact) mass is 338 g/mol. The van der Waals surface area contributed by atoms with Gasteiger partial charge in [-0.2, -0.15) is 0 Å². The van der Waals surface area contributed by atoms with Crippen molar-refractivity contribution >= 4 is 23.7 Å². The van der Waals surface area contributed by atoms with Crippen molar-refractivity contribution in [3.05, 3.63) is 23.8 Å². The molecule has 2 amide bonds. The maximum Gasteiger partial charge on any atom is 0.408 e. The highest BCUT2D eigenvalue weighted by Crippen LogP contribution is 2.25. The predicted octanol–water partition coefficient (Wildman–Crippen LogP) is 1.94. The number of amides is 2. The lowest BCUT2D eigenvalue weighted by Gasteiger charge is -2.19. The number of carbonyl (C=O) groups excluding carboxylic acids is 3. The highest BCUT2D eigenvalue weighted by Gasteiger charge is 2.17. The number of carbonyl (C=O) groups is 3. The molecule has 8 nitrogen and oxygen atoms in total. The molecule has 0 fully saturated rings. The van der Waals surface area contributed by atoms with Crippen LogP contribution in [0, 0.1) is 0 Å². The Morgan fingerprint density at radius 2 is 1.79 bits per heavy atom. The van der Waals surface area contributed by atoms with Crippen molar-refractivity contribution in [3.63, 3.8) is 0 Å². The zero-order valence-corrected chi connectivity index (χ0v) is 14.4. The van der Waals surface area contributed by atoms with Crippen LogP contribution >= 0.6 is 0 Å². The largest absolute Gasteiger partial charge is 0.495 e. The van der Waals surface area contributed by atoms with Crippen LogP contribution in [0.1, 0.15) is 31.1 Å². The Balaban J connectivity index is 2.67. The van der Waals surface area contributed by atoms with Crippen molar-refractivity contribution in [2.24, 2.45) is 0 Å². The second kappa shape index (κ2) is 8.19. The van der Waals surface area contributed by atoms with Gasteiger partial charge in [0.25, 0.3) is 0 Å². The SMILES string of the molecule is COC(=O)c1ccc(NC(=O)CNC(=O)OC(C)(C)C)c(OC)c1. The predicted molar refractivity (Wildman–Crippen MR) is 87.2 cm³/mol. The minimum atomic E-state index is -0.689. The van der Waals surface area contributed by atoms with Gasteiger partial charge in [0.2, 0.25) is 5.91 Å². The molecule has 1 aromatic rings. The van der Waals surface area contributed by atoms with Crippen LogP contribution in [0.25, 0.3) is 0 Å². The quantitative estimate of drug-likeness (QED) is 0.796. The second-order valence-corrected chi connectivity index (χ2v) is 5.81. The van der Waals surface area contributed by atoms with E-state index in [1.54, 1.807) is 20.8 Å². The zero-order valence-electron chi connectivity index (χ0n) is 14.4. The first kappa shape index (κ1) is 19.3. The molecule has 1 rings (SSSR count). The lowest BCUT2D eigenvalue weighted by molar-refractivity contribution is -0.115. The van der Waals surface area contributed by atoms with E-state index in [1.165, 1.54) is 32.4 Å². The third-order valence-corrected chi connectivity index (χ3v) is 2.69. The molecule has 8 heteroatoms. The number of ether oxygens (including phenoxy) is 3. The number of hydrogen-bond acceptors (Lipinski definition) is 6. The van der Waals surface area contributed by atoms with E-state index in [9.17, 15) is 14.4 Å². The van der Waals surface area contributed by atoms with Gasteiger partial charge in [-0.15, -0.1) is 0 Å². The summed E-state index contributed by atoms with van der Waals surface area (Å²) in [5.74, 6) is -0.689. The van der Waals surface area contributed by atoms with Gasteiger partial charge in [0, 0.05) is 0 Å². The van der Waals surface area contributed by atoms with E-state index in [0.717, 1.165) is 0 Å². The number of benzene rings is 1. The van der Waals surface area contributed by atoms with Gasteiger partial charge in [-0.3, -0.25) is 4.79 Å². The first-order chi connectivity index (χ1) is 11.2. The van der Waals surface area contributed by atoms with E-state index in [4.69, 9.17) is 9.47 Å². The van der Waals surface area contributed by atoms with Gasteiger partial charge in [0.15, 0.2) is 0 Å². The first-order valence-electron chi connectivity index (χ1n) is 7.19. The first-order valence-corrected chi connectivity index (χ1v) is 7.19. The van der Waals surface area contributed by atoms with Crippen LogP contribution in [-0.4, -0.2) is 44.3 Å². The van der Waals surface area contributed by atoms with Gasteiger partial charge in [0.1, 0.15) is 17.9 Å². The van der Waals surface area contributed by atoms with Crippen molar-refractivity contribution < 1.29 is 28.6 Å². The van der Waals surface area contributed by atoms with Crippen molar-refractivity contribution in [3.8, 4) is 5.75 Å². The summed E-state index contributed by atoms with van der Waals surface area (Å²) >= 11 is 0. The summed E-state index contributed by atoms with van der Waals surface area (Å²) in [4.78, 5) is 34.9. The summed E-state index contributed by atoms with van der Waals surface area (Å²) in [6.45, 7) is 4.90.